The Morgan fingerprint density at radius 1 is 1.14 bits per heavy atom. The number of halogens is 1. The molecule has 1 aliphatic rings. The van der Waals surface area contributed by atoms with E-state index in [2.05, 4.69) is 10.3 Å². The molecule has 2 heterocycles. The summed E-state index contributed by atoms with van der Waals surface area (Å²) in [5.41, 5.74) is 4.96. The van der Waals surface area contributed by atoms with Gasteiger partial charge in [0.15, 0.2) is 0 Å². The number of carbonyl (C=O) groups excluding carboxylic acids is 2. The van der Waals surface area contributed by atoms with Crippen molar-refractivity contribution in [2.24, 2.45) is 0 Å². The molecule has 6 heteroatoms. The van der Waals surface area contributed by atoms with Gasteiger partial charge in [-0.3, -0.25) is 4.79 Å². The monoisotopic (exact) mass is 378 g/mol. The minimum absolute atomic E-state index is 0.304. The molecule has 4 rings (SSSR count). The van der Waals surface area contributed by atoms with Gasteiger partial charge in [0.05, 0.1) is 24.3 Å². The third-order valence-electron chi connectivity index (χ3n) is 5.16. The van der Waals surface area contributed by atoms with E-state index < -0.39 is 17.7 Å². The molecule has 0 bridgehead atoms. The summed E-state index contributed by atoms with van der Waals surface area (Å²) >= 11 is 0. The molecular weight excluding hydrogens is 359 g/mol. The van der Waals surface area contributed by atoms with Crippen molar-refractivity contribution in [3.05, 3.63) is 76.2 Å². The van der Waals surface area contributed by atoms with Crippen molar-refractivity contribution in [2.45, 2.75) is 19.8 Å². The topological polar surface area (TPSA) is 71.2 Å². The number of anilines is 1. The summed E-state index contributed by atoms with van der Waals surface area (Å²) < 4.78 is 18.9. The molecule has 1 amide bonds. The summed E-state index contributed by atoms with van der Waals surface area (Å²) in [5.74, 6) is -2.11. The average molecular weight is 378 g/mol. The highest BCUT2D eigenvalue weighted by Gasteiger charge is 2.39. The number of H-pyrrole nitrogens is 1. The quantitative estimate of drug-likeness (QED) is 0.667. The second-order valence-electron chi connectivity index (χ2n) is 6.87. The minimum atomic E-state index is -0.820. The minimum Gasteiger partial charge on any atom is -0.465 e. The van der Waals surface area contributed by atoms with Crippen LogP contribution < -0.4 is 5.32 Å². The Balaban J connectivity index is 2.04. The number of methoxy groups -OCH3 is 1. The number of rotatable bonds is 3. The van der Waals surface area contributed by atoms with Gasteiger partial charge in [0.1, 0.15) is 5.82 Å². The van der Waals surface area contributed by atoms with Gasteiger partial charge in [0, 0.05) is 22.5 Å². The zero-order valence-electron chi connectivity index (χ0n) is 15.7. The first-order chi connectivity index (χ1) is 13.4. The lowest BCUT2D eigenvalue weighted by Gasteiger charge is -2.14. The SMILES string of the molecule is COC(=O)c1c(C)[nH]c(-c2ccccc2C)c1[C@@H]1C(=O)Nc2ccc(F)cc21. The number of nitrogens with one attached hydrogen (secondary N) is 2. The number of esters is 1. The summed E-state index contributed by atoms with van der Waals surface area (Å²) in [6.07, 6.45) is 0. The first kappa shape index (κ1) is 18.0. The molecule has 0 saturated carbocycles. The Hall–Kier alpha value is -3.41. The molecule has 0 saturated heterocycles. The highest BCUT2D eigenvalue weighted by molar-refractivity contribution is 6.08. The molecule has 2 N–H and O–H groups in total. The van der Waals surface area contributed by atoms with E-state index >= 15 is 0 Å². The maximum Gasteiger partial charge on any atom is 0.340 e. The second-order valence-corrected chi connectivity index (χ2v) is 6.87. The highest BCUT2D eigenvalue weighted by Crippen LogP contribution is 2.44. The van der Waals surface area contributed by atoms with E-state index in [9.17, 15) is 14.0 Å². The van der Waals surface area contributed by atoms with Crippen LogP contribution in [-0.2, 0) is 9.53 Å². The molecule has 3 aromatic rings. The lowest BCUT2D eigenvalue weighted by Crippen LogP contribution is -2.17. The van der Waals surface area contributed by atoms with Crippen molar-refractivity contribution in [1.82, 2.24) is 4.98 Å². The van der Waals surface area contributed by atoms with Gasteiger partial charge in [-0.2, -0.15) is 0 Å². The van der Waals surface area contributed by atoms with E-state index in [1.165, 1.54) is 25.3 Å². The Morgan fingerprint density at radius 3 is 2.61 bits per heavy atom. The van der Waals surface area contributed by atoms with Crippen LogP contribution in [0, 0.1) is 19.7 Å². The first-order valence-electron chi connectivity index (χ1n) is 8.89. The molecule has 2 aromatic carbocycles. The van der Waals surface area contributed by atoms with Gasteiger partial charge >= 0.3 is 5.97 Å². The number of hydrogen-bond donors (Lipinski definition) is 2. The van der Waals surface area contributed by atoms with E-state index in [1.807, 2.05) is 31.2 Å². The van der Waals surface area contributed by atoms with Gasteiger partial charge in [0.25, 0.3) is 0 Å². The third-order valence-corrected chi connectivity index (χ3v) is 5.16. The molecule has 1 aliphatic heterocycles. The Labute approximate surface area is 161 Å². The normalized spacial score (nSPS) is 15.3. The molecule has 1 atom stereocenters. The van der Waals surface area contributed by atoms with Gasteiger partial charge in [-0.15, -0.1) is 0 Å². The molecule has 0 spiro atoms. The first-order valence-corrected chi connectivity index (χ1v) is 8.89. The lowest BCUT2D eigenvalue weighted by molar-refractivity contribution is -0.116. The lowest BCUT2D eigenvalue weighted by atomic mass is 9.86. The summed E-state index contributed by atoms with van der Waals surface area (Å²) in [5, 5.41) is 2.79. The van der Waals surface area contributed by atoms with Crippen molar-refractivity contribution in [3.63, 3.8) is 0 Å². The molecule has 0 fully saturated rings. The van der Waals surface area contributed by atoms with Crippen LogP contribution >= 0.6 is 0 Å². The number of carbonyl (C=O) groups is 2. The largest absolute Gasteiger partial charge is 0.465 e. The van der Waals surface area contributed by atoms with Gasteiger partial charge < -0.3 is 15.0 Å². The standard InChI is InChI=1S/C22H19FN2O3/c1-11-6-4-5-7-14(11)20-19(17(12(2)24-20)22(27)28-3)18-15-10-13(23)8-9-16(15)25-21(18)26/h4-10,18,24H,1-3H3,(H,25,26)/t18-/m1/s1. The number of benzene rings is 2. The molecular formula is C22H19FN2O3. The maximum atomic E-state index is 14.0. The summed E-state index contributed by atoms with van der Waals surface area (Å²) in [7, 11) is 1.30. The highest BCUT2D eigenvalue weighted by atomic mass is 19.1. The van der Waals surface area contributed by atoms with E-state index in [-0.39, 0.29) is 5.91 Å². The Bertz CT molecular complexity index is 1120. The number of aromatic nitrogens is 1. The Morgan fingerprint density at radius 2 is 1.89 bits per heavy atom. The van der Waals surface area contributed by atoms with Crippen LogP contribution in [0.1, 0.15) is 38.7 Å². The van der Waals surface area contributed by atoms with Crippen LogP contribution in [0.5, 0.6) is 0 Å². The van der Waals surface area contributed by atoms with Crippen LogP contribution in [0.2, 0.25) is 0 Å². The van der Waals surface area contributed by atoms with E-state index in [0.29, 0.717) is 33.8 Å². The molecule has 28 heavy (non-hydrogen) atoms. The Kier molecular flexibility index (Phi) is 4.26. The van der Waals surface area contributed by atoms with Crippen LogP contribution in [0.3, 0.4) is 0 Å². The fourth-order valence-corrected chi connectivity index (χ4v) is 3.88. The summed E-state index contributed by atoms with van der Waals surface area (Å²) in [6.45, 7) is 3.71. The van der Waals surface area contributed by atoms with Crippen molar-refractivity contribution in [1.29, 1.82) is 0 Å². The third kappa shape index (κ3) is 2.69. The predicted octanol–water partition coefficient (Wildman–Crippen LogP) is 4.31. The number of fused-ring (bicyclic) bond motifs is 1. The summed E-state index contributed by atoms with van der Waals surface area (Å²) in [4.78, 5) is 28.7. The van der Waals surface area contributed by atoms with Crippen molar-refractivity contribution < 1.29 is 18.7 Å². The van der Waals surface area contributed by atoms with E-state index in [4.69, 9.17) is 4.74 Å². The number of aromatic amines is 1. The molecule has 0 aliphatic carbocycles. The molecule has 5 nitrogen and oxygen atoms in total. The molecule has 1 aromatic heterocycles. The molecule has 142 valence electrons. The fourth-order valence-electron chi connectivity index (χ4n) is 3.88. The van der Waals surface area contributed by atoms with Crippen LogP contribution in [0.15, 0.2) is 42.5 Å². The van der Waals surface area contributed by atoms with Crippen LogP contribution in [0.25, 0.3) is 11.3 Å². The number of hydrogen-bond acceptors (Lipinski definition) is 3. The number of amides is 1. The fraction of sp³-hybridized carbons (Fsp3) is 0.182. The average Bonchev–Trinajstić information content (AvgIpc) is 3.16. The van der Waals surface area contributed by atoms with E-state index in [0.717, 1.165) is 11.1 Å². The van der Waals surface area contributed by atoms with Crippen molar-refractivity contribution in [2.75, 3.05) is 12.4 Å². The van der Waals surface area contributed by atoms with E-state index in [1.54, 1.807) is 6.92 Å². The zero-order chi connectivity index (χ0) is 20.0. The van der Waals surface area contributed by atoms with Gasteiger partial charge in [-0.1, -0.05) is 24.3 Å². The van der Waals surface area contributed by atoms with Gasteiger partial charge in [-0.25, -0.2) is 9.18 Å². The zero-order valence-corrected chi connectivity index (χ0v) is 15.7. The molecule has 0 unspecified atom stereocenters. The van der Waals surface area contributed by atoms with Crippen molar-refractivity contribution >= 4 is 17.6 Å². The maximum absolute atomic E-state index is 14.0. The van der Waals surface area contributed by atoms with Crippen LogP contribution in [-0.4, -0.2) is 24.0 Å². The predicted molar refractivity (Wildman–Crippen MR) is 104 cm³/mol. The van der Waals surface area contributed by atoms with Gasteiger partial charge in [0.2, 0.25) is 5.91 Å². The van der Waals surface area contributed by atoms with Gasteiger partial charge in [-0.05, 0) is 43.2 Å². The second kappa shape index (κ2) is 6.64. The number of ether oxygens (including phenoxy) is 1. The van der Waals surface area contributed by atoms with Crippen LogP contribution in [0.4, 0.5) is 10.1 Å². The van der Waals surface area contributed by atoms with Crippen molar-refractivity contribution in [3.8, 4) is 11.3 Å². The summed E-state index contributed by atoms with van der Waals surface area (Å²) in [6, 6.07) is 11.9. The molecule has 0 radical (unpaired) electrons. The smallest absolute Gasteiger partial charge is 0.340 e. The number of aryl methyl sites for hydroxylation is 2.